The van der Waals surface area contributed by atoms with E-state index >= 15 is 0 Å². The van der Waals surface area contributed by atoms with Gasteiger partial charge in [-0.15, -0.1) is 11.3 Å². The summed E-state index contributed by atoms with van der Waals surface area (Å²) in [6.07, 6.45) is 0. The maximum Gasteiger partial charge on any atom is 0.235 e. The van der Waals surface area contributed by atoms with Crippen molar-refractivity contribution in [1.29, 1.82) is 0 Å². The zero-order valence-corrected chi connectivity index (χ0v) is 31.3. The second kappa shape index (κ2) is 11.6. The molecule has 1 aliphatic heterocycles. The minimum atomic E-state index is 0.663. The van der Waals surface area contributed by atoms with Crippen LogP contribution in [0.5, 0.6) is 0 Å². The SMILES string of the molecule is c1ccc(-c2ccccc2-c2nc(-n3c4ccccc4c4c5c6c(cc43)c3ccccc3n6-c3ccccc3-c3ccccc3-5)nc3c2sc2ccccc23)cc1. The highest BCUT2D eigenvalue weighted by molar-refractivity contribution is 7.26. The van der Waals surface area contributed by atoms with Gasteiger partial charge in [-0.25, -0.2) is 9.97 Å². The molecule has 0 spiro atoms. The van der Waals surface area contributed by atoms with E-state index in [4.69, 9.17) is 9.97 Å². The summed E-state index contributed by atoms with van der Waals surface area (Å²) in [6.45, 7) is 0. The molecule has 5 heterocycles. The first-order chi connectivity index (χ1) is 28.3. The van der Waals surface area contributed by atoms with Gasteiger partial charge in [-0.1, -0.05) is 152 Å². The van der Waals surface area contributed by atoms with Crippen molar-refractivity contribution in [2.24, 2.45) is 0 Å². The summed E-state index contributed by atoms with van der Waals surface area (Å²) in [6, 6.07) is 65.8. The van der Waals surface area contributed by atoms with Crippen molar-refractivity contribution in [2.75, 3.05) is 0 Å². The van der Waals surface area contributed by atoms with Crippen LogP contribution < -0.4 is 0 Å². The Morgan fingerprint density at radius 2 is 1.04 bits per heavy atom. The van der Waals surface area contributed by atoms with E-state index in [0.717, 1.165) is 49.0 Å². The molecule has 4 aromatic heterocycles. The van der Waals surface area contributed by atoms with Gasteiger partial charge in [-0.3, -0.25) is 4.57 Å². The number of hydrogen-bond acceptors (Lipinski definition) is 3. The van der Waals surface area contributed by atoms with Crippen molar-refractivity contribution in [3.8, 4) is 56.3 Å². The lowest BCUT2D eigenvalue weighted by Gasteiger charge is -2.14. The topological polar surface area (TPSA) is 35.6 Å². The van der Waals surface area contributed by atoms with Crippen LogP contribution in [0.4, 0.5) is 0 Å². The number of thiophene rings is 1. The van der Waals surface area contributed by atoms with E-state index in [1.165, 1.54) is 65.2 Å². The Labute approximate surface area is 331 Å². The molecule has 0 aliphatic carbocycles. The monoisotopic (exact) mass is 742 g/mol. The molecule has 0 N–H and O–H groups in total. The number of hydrogen-bond donors (Lipinski definition) is 0. The lowest BCUT2D eigenvalue weighted by molar-refractivity contribution is 1.02. The first-order valence-corrected chi connectivity index (χ1v) is 20.2. The Bertz CT molecular complexity index is 3640. The Hall–Kier alpha value is -7.34. The molecular formula is C52H30N4S. The summed E-state index contributed by atoms with van der Waals surface area (Å²) in [5, 5.41) is 5.95. The molecule has 0 atom stereocenters. The van der Waals surface area contributed by atoms with Gasteiger partial charge in [0.1, 0.15) is 0 Å². The molecule has 0 bridgehead atoms. The second-order valence-corrected chi connectivity index (χ2v) is 15.9. The zero-order chi connectivity index (χ0) is 37.2. The van der Waals surface area contributed by atoms with E-state index < -0.39 is 0 Å². The number of para-hydroxylation sites is 3. The van der Waals surface area contributed by atoms with Gasteiger partial charge in [0.05, 0.1) is 43.7 Å². The fourth-order valence-electron chi connectivity index (χ4n) is 9.55. The Morgan fingerprint density at radius 3 is 1.86 bits per heavy atom. The Kier molecular flexibility index (Phi) is 6.29. The predicted molar refractivity (Wildman–Crippen MR) is 239 cm³/mol. The lowest BCUT2D eigenvalue weighted by atomic mass is 9.91. The summed E-state index contributed by atoms with van der Waals surface area (Å²) in [5.74, 6) is 0.663. The molecule has 0 fully saturated rings. The number of nitrogens with zero attached hydrogens (tertiary/aromatic N) is 4. The molecular weight excluding hydrogens is 713 g/mol. The standard InChI is InChI=1S/C52H30N4S/c1-2-16-31(17-3-1)32-18-4-7-23-37(32)48-51-49(39-25-11-15-29-45(39)57-51)54-52(53-48)56-43-28-14-10-24-38(43)46-44(56)30-40-35-21-9-13-27-42(35)55-41-26-12-8-20-34(41)33-19-5-6-22-36(33)47(46)50(40)55/h1-30H. The van der Waals surface area contributed by atoms with Gasteiger partial charge in [0.15, 0.2) is 0 Å². The highest BCUT2D eigenvalue weighted by Crippen LogP contribution is 2.52. The van der Waals surface area contributed by atoms with Crippen LogP contribution in [0.3, 0.4) is 0 Å². The van der Waals surface area contributed by atoms with Crippen molar-refractivity contribution >= 4 is 75.3 Å². The Morgan fingerprint density at radius 1 is 0.421 bits per heavy atom. The fraction of sp³-hybridized carbons (Fsp3) is 0. The van der Waals surface area contributed by atoms with E-state index in [0.29, 0.717) is 5.95 Å². The van der Waals surface area contributed by atoms with E-state index in [1.807, 2.05) is 0 Å². The summed E-state index contributed by atoms with van der Waals surface area (Å²) in [5.41, 5.74) is 16.0. The molecule has 4 nitrogen and oxygen atoms in total. The van der Waals surface area contributed by atoms with Crippen LogP contribution in [0.2, 0.25) is 0 Å². The van der Waals surface area contributed by atoms with E-state index in [-0.39, 0.29) is 0 Å². The number of fused-ring (bicyclic) bond motifs is 15. The minimum absolute atomic E-state index is 0.663. The largest absolute Gasteiger partial charge is 0.308 e. The number of rotatable bonds is 3. The number of benzene rings is 8. The van der Waals surface area contributed by atoms with Crippen molar-refractivity contribution in [1.82, 2.24) is 19.1 Å². The smallest absolute Gasteiger partial charge is 0.235 e. The molecule has 13 rings (SSSR count). The average molecular weight is 743 g/mol. The fourth-order valence-corrected chi connectivity index (χ4v) is 10.7. The van der Waals surface area contributed by atoms with Gasteiger partial charge in [0.25, 0.3) is 0 Å². The molecule has 264 valence electrons. The van der Waals surface area contributed by atoms with Gasteiger partial charge in [-0.2, -0.15) is 0 Å². The van der Waals surface area contributed by atoms with Gasteiger partial charge in [-0.05, 0) is 52.6 Å². The normalized spacial score (nSPS) is 12.2. The van der Waals surface area contributed by atoms with Crippen LogP contribution >= 0.6 is 11.3 Å². The first kappa shape index (κ1) is 30.9. The summed E-state index contributed by atoms with van der Waals surface area (Å²) >= 11 is 1.77. The maximum absolute atomic E-state index is 5.66. The summed E-state index contributed by atoms with van der Waals surface area (Å²) in [4.78, 5) is 11.2. The maximum atomic E-state index is 5.66. The second-order valence-electron chi connectivity index (χ2n) is 14.9. The molecule has 0 radical (unpaired) electrons. The lowest BCUT2D eigenvalue weighted by Crippen LogP contribution is -2.03. The molecule has 0 saturated heterocycles. The minimum Gasteiger partial charge on any atom is -0.308 e. The zero-order valence-electron chi connectivity index (χ0n) is 30.5. The molecule has 57 heavy (non-hydrogen) atoms. The van der Waals surface area contributed by atoms with Gasteiger partial charge < -0.3 is 4.57 Å². The van der Waals surface area contributed by atoms with Gasteiger partial charge >= 0.3 is 0 Å². The van der Waals surface area contributed by atoms with Crippen LogP contribution in [0, 0.1) is 0 Å². The van der Waals surface area contributed by atoms with Crippen molar-refractivity contribution in [3.05, 3.63) is 182 Å². The Balaban J connectivity index is 1.23. The summed E-state index contributed by atoms with van der Waals surface area (Å²) < 4.78 is 7.12. The molecule has 0 saturated carbocycles. The average Bonchev–Trinajstić information content (AvgIpc) is 3.90. The van der Waals surface area contributed by atoms with Crippen LogP contribution in [0.15, 0.2) is 182 Å². The number of aromatic nitrogens is 4. The molecule has 8 aromatic carbocycles. The van der Waals surface area contributed by atoms with Crippen LogP contribution in [-0.2, 0) is 0 Å². The van der Waals surface area contributed by atoms with Crippen LogP contribution in [-0.4, -0.2) is 19.1 Å². The first-order valence-electron chi connectivity index (χ1n) is 19.3. The molecule has 5 heteroatoms. The molecule has 0 unspecified atom stereocenters. The predicted octanol–water partition coefficient (Wildman–Crippen LogP) is 14.0. The molecule has 0 amide bonds. The van der Waals surface area contributed by atoms with E-state index in [1.54, 1.807) is 11.3 Å². The van der Waals surface area contributed by atoms with E-state index in [2.05, 4.69) is 191 Å². The highest BCUT2D eigenvalue weighted by atomic mass is 32.1. The van der Waals surface area contributed by atoms with Crippen molar-refractivity contribution in [3.63, 3.8) is 0 Å². The highest BCUT2D eigenvalue weighted by Gasteiger charge is 2.29. The third kappa shape index (κ3) is 4.21. The quantitative estimate of drug-likeness (QED) is 0.181. The van der Waals surface area contributed by atoms with Crippen LogP contribution in [0.25, 0.3) is 120 Å². The molecule has 1 aliphatic rings. The third-order valence-electron chi connectivity index (χ3n) is 11.9. The van der Waals surface area contributed by atoms with Crippen molar-refractivity contribution < 1.29 is 0 Å². The van der Waals surface area contributed by atoms with Crippen molar-refractivity contribution in [2.45, 2.75) is 0 Å². The third-order valence-corrected chi connectivity index (χ3v) is 13.1. The van der Waals surface area contributed by atoms with Crippen LogP contribution in [0.1, 0.15) is 0 Å². The van der Waals surface area contributed by atoms with Gasteiger partial charge in [0, 0.05) is 48.3 Å². The molecule has 12 aromatic rings. The van der Waals surface area contributed by atoms with E-state index in [9.17, 15) is 0 Å². The van der Waals surface area contributed by atoms with Gasteiger partial charge in [0.2, 0.25) is 5.95 Å². The summed E-state index contributed by atoms with van der Waals surface area (Å²) in [7, 11) is 0.